The van der Waals surface area contributed by atoms with E-state index in [2.05, 4.69) is 17.6 Å². The molecule has 0 radical (unpaired) electrons. The molecule has 2 amide bonds. The predicted octanol–water partition coefficient (Wildman–Crippen LogP) is 0.0262. The third-order valence-corrected chi connectivity index (χ3v) is 2.62. The van der Waals surface area contributed by atoms with E-state index < -0.39 is 0 Å². The molecule has 1 aliphatic rings. The Hall–Kier alpha value is -0.810. The second-order valence-corrected chi connectivity index (χ2v) is 3.73. The van der Waals surface area contributed by atoms with Gasteiger partial charge in [0.1, 0.15) is 0 Å². The number of rotatable bonds is 7. The molecule has 0 aromatic heterocycles. The molecule has 0 saturated carbocycles. The molecular weight excluding hydrogens is 194 g/mol. The van der Waals surface area contributed by atoms with Crippen molar-refractivity contribution < 1.29 is 9.53 Å². The Balaban J connectivity index is 2.11. The number of nitrogens with zero attached hydrogens (tertiary/aromatic N) is 1. The molecule has 1 rings (SSSR count). The molecule has 1 saturated heterocycles. The lowest BCUT2D eigenvalue weighted by molar-refractivity contribution is 0.162. The molecule has 0 aromatic rings. The quantitative estimate of drug-likeness (QED) is 0.630. The zero-order valence-corrected chi connectivity index (χ0v) is 9.58. The molecule has 1 atom stereocenters. The Morgan fingerprint density at radius 2 is 2.47 bits per heavy atom. The Kier molecular flexibility index (Phi) is 5.42. The highest BCUT2D eigenvalue weighted by molar-refractivity contribution is 5.76. The second kappa shape index (κ2) is 6.63. The van der Waals surface area contributed by atoms with Crippen molar-refractivity contribution in [2.75, 3.05) is 39.9 Å². The third-order valence-electron chi connectivity index (χ3n) is 2.62. The van der Waals surface area contributed by atoms with Gasteiger partial charge in [-0.1, -0.05) is 6.92 Å². The number of urea groups is 1. The van der Waals surface area contributed by atoms with Gasteiger partial charge in [-0.25, -0.2) is 4.79 Å². The molecule has 0 spiro atoms. The van der Waals surface area contributed by atoms with Crippen molar-refractivity contribution in [1.82, 2.24) is 15.5 Å². The molecule has 0 aromatic carbocycles. The number of nitrogens with one attached hydrogen (secondary N) is 2. The van der Waals surface area contributed by atoms with Crippen LogP contribution in [0.3, 0.4) is 0 Å². The van der Waals surface area contributed by atoms with Gasteiger partial charge in [0.25, 0.3) is 0 Å². The van der Waals surface area contributed by atoms with Gasteiger partial charge in [-0.2, -0.15) is 0 Å². The first-order chi connectivity index (χ1) is 7.27. The van der Waals surface area contributed by atoms with E-state index in [0.717, 1.165) is 39.2 Å². The number of hydrogen-bond donors (Lipinski definition) is 2. The Labute approximate surface area is 91.2 Å². The summed E-state index contributed by atoms with van der Waals surface area (Å²) in [6, 6.07) is 0.442. The van der Waals surface area contributed by atoms with Crippen LogP contribution in [0.2, 0.25) is 0 Å². The van der Waals surface area contributed by atoms with Gasteiger partial charge in [0.15, 0.2) is 0 Å². The van der Waals surface area contributed by atoms with Crippen LogP contribution in [-0.4, -0.2) is 56.9 Å². The van der Waals surface area contributed by atoms with E-state index in [-0.39, 0.29) is 6.03 Å². The lowest BCUT2D eigenvalue weighted by Gasteiger charge is -2.19. The minimum absolute atomic E-state index is 0.0524. The maximum Gasteiger partial charge on any atom is 0.317 e. The maximum absolute atomic E-state index is 11.2. The lowest BCUT2D eigenvalue weighted by atomic mass is 10.2. The van der Waals surface area contributed by atoms with Crippen LogP contribution in [0.4, 0.5) is 4.79 Å². The molecule has 1 unspecified atom stereocenters. The van der Waals surface area contributed by atoms with Gasteiger partial charge in [0, 0.05) is 39.3 Å². The van der Waals surface area contributed by atoms with Crippen molar-refractivity contribution in [1.29, 1.82) is 0 Å². The van der Waals surface area contributed by atoms with Gasteiger partial charge in [0.05, 0.1) is 6.61 Å². The SMILES string of the molecule is CCC(COC)NCCN1CCNC1=O. The van der Waals surface area contributed by atoms with Crippen LogP contribution in [0.25, 0.3) is 0 Å². The van der Waals surface area contributed by atoms with E-state index in [4.69, 9.17) is 4.74 Å². The highest BCUT2D eigenvalue weighted by Crippen LogP contribution is 1.96. The summed E-state index contributed by atoms with van der Waals surface area (Å²) in [4.78, 5) is 13.0. The fraction of sp³-hybridized carbons (Fsp3) is 0.900. The van der Waals surface area contributed by atoms with Crippen LogP contribution in [0.1, 0.15) is 13.3 Å². The van der Waals surface area contributed by atoms with E-state index >= 15 is 0 Å². The van der Waals surface area contributed by atoms with E-state index in [0.29, 0.717) is 6.04 Å². The predicted molar refractivity (Wildman–Crippen MR) is 58.9 cm³/mol. The third kappa shape index (κ3) is 4.05. The van der Waals surface area contributed by atoms with Crippen molar-refractivity contribution >= 4 is 6.03 Å². The minimum atomic E-state index is 0.0524. The summed E-state index contributed by atoms with van der Waals surface area (Å²) >= 11 is 0. The van der Waals surface area contributed by atoms with Gasteiger partial charge < -0.3 is 20.3 Å². The summed E-state index contributed by atoms with van der Waals surface area (Å²) < 4.78 is 5.08. The topological polar surface area (TPSA) is 53.6 Å². The van der Waals surface area contributed by atoms with E-state index in [1.807, 2.05) is 4.90 Å². The minimum Gasteiger partial charge on any atom is -0.383 e. The fourth-order valence-electron chi connectivity index (χ4n) is 1.65. The van der Waals surface area contributed by atoms with Gasteiger partial charge in [-0.05, 0) is 6.42 Å². The summed E-state index contributed by atoms with van der Waals surface area (Å²) in [6.07, 6.45) is 1.04. The van der Waals surface area contributed by atoms with Crippen LogP contribution in [0.15, 0.2) is 0 Å². The Morgan fingerprint density at radius 3 is 3.00 bits per heavy atom. The average molecular weight is 215 g/mol. The molecule has 5 nitrogen and oxygen atoms in total. The van der Waals surface area contributed by atoms with E-state index in [1.165, 1.54) is 0 Å². The average Bonchev–Trinajstić information content (AvgIpc) is 2.63. The molecule has 0 aliphatic carbocycles. The number of hydrogen-bond acceptors (Lipinski definition) is 3. The highest BCUT2D eigenvalue weighted by atomic mass is 16.5. The summed E-state index contributed by atoms with van der Waals surface area (Å²) in [5.41, 5.74) is 0. The zero-order chi connectivity index (χ0) is 11.1. The van der Waals surface area contributed by atoms with Crippen LogP contribution < -0.4 is 10.6 Å². The second-order valence-electron chi connectivity index (χ2n) is 3.73. The van der Waals surface area contributed by atoms with Crippen molar-refractivity contribution in [2.45, 2.75) is 19.4 Å². The summed E-state index contributed by atoms with van der Waals surface area (Å²) in [7, 11) is 1.71. The van der Waals surface area contributed by atoms with E-state index in [9.17, 15) is 4.79 Å². The number of ether oxygens (including phenoxy) is 1. The van der Waals surface area contributed by atoms with Crippen molar-refractivity contribution in [3.63, 3.8) is 0 Å². The molecule has 15 heavy (non-hydrogen) atoms. The van der Waals surface area contributed by atoms with Crippen molar-refractivity contribution in [3.05, 3.63) is 0 Å². The Morgan fingerprint density at radius 1 is 1.67 bits per heavy atom. The first kappa shape index (κ1) is 12.3. The molecule has 1 heterocycles. The van der Waals surface area contributed by atoms with Gasteiger partial charge >= 0.3 is 6.03 Å². The number of amides is 2. The Bertz CT molecular complexity index is 199. The van der Waals surface area contributed by atoms with Crippen LogP contribution in [0, 0.1) is 0 Å². The fourth-order valence-corrected chi connectivity index (χ4v) is 1.65. The lowest BCUT2D eigenvalue weighted by Crippen LogP contribution is -2.40. The molecule has 1 aliphatic heterocycles. The number of carbonyl (C=O) groups excluding carboxylic acids is 1. The van der Waals surface area contributed by atoms with Gasteiger partial charge in [0.2, 0.25) is 0 Å². The highest BCUT2D eigenvalue weighted by Gasteiger charge is 2.18. The molecule has 0 bridgehead atoms. The molecule has 88 valence electrons. The van der Waals surface area contributed by atoms with Gasteiger partial charge in [-0.15, -0.1) is 0 Å². The largest absolute Gasteiger partial charge is 0.383 e. The van der Waals surface area contributed by atoms with Crippen molar-refractivity contribution in [3.8, 4) is 0 Å². The maximum atomic E-state index is 11.2. The summed E-state index contributed by atoms with van der Waals surface area (Å²) in [5.74, 6) is 0. The molecule has 1 fully saturated rings. The summed E-state index contributed by atoms with van der Waals surface area (Å²) in [6.45, 7) is 6.04. The first-order valence-corrected chi connectivity index (χ1v) is 5.53. The number of carbonyl (C=O) groups is 1. The molecular formula is C10H21N3O2. The van der Waals surface area contributed by atoms with Crippen LogP contribution in [-0.2, 0) is 4.74 Å². The smallest absolute Gasteiger partial charge is 0.317 e. The summed E-state index contributed by atoms with van der Waals surface area (Å²) in [5, 5.41) is 6.15. The van der Waals surface area contributed by atoms with Crippen LogP contribution >= 0.6 is 0 Å². The number of methoxy groups -OCH3 is 1. The monoisotopic (exact) mass is 215 g/mol. The first-order valence-electron chi connectivity index (χ1n) is 5.53. The normalized spacial score (nSPS) is 18.0. The van der Waals surface area contributed by atoms with Crippen LogP contribution in [0.5, 0.6) is 0 Å². The standard InChI is InChI=1S/C10H21N3O2/c1-3-9(8-15-2)11-4-6-13-7-5-12-10(13)14/h9,11H,3-8H2,1-2H3,(H,12,14). The van der Waals surface area contributed by atoms with Crippen molar-refractivity contribution in [2.24, 2.45) is 0 Å². The molecule has 2 N–H and O–H groups in total. The zero-order valence-electron chi connectivity index (χ0n) is 9.58. The molecule has 5 heteroatoms. The van der Waals surface area contributed by atoms with E-state index in [1.54, 1.807) is 7.11 Å². The van der Waals surface area contributed by atoms with Gasteiger partial charge in [-0.3, -0.25) is 0 Å².